The minimum atomic E-state index is -0.373. The number of hydrogen-bond donors (Lipinski definition) is 2. The van der Waals surface area contributed by atoms with Crippen molar-refractivity contribution in [3.05, 3.63) is 0 Å². The molecule has 0 aliphatic rings. The summed E-state index contributed by atoms with van der Waals surface area (Å²) in [6.07, 6.45) is -0.373. The van der Waals surface area contributed by atoms with Gasteiger partial charge in [0.2, 0.25) is 0 Å². The van der Waals surface area contributed by atoms with Gasteiger partial charge in [-0.1, -0.05) is 0 Å². The molecule has 0 atom stereocenters. The second-order valence-electron chi connectivity index (χ2n) is 0.970. The standard InChI is InChI=1S/C4H9NO2.H2NP/c1-3-7-4(6)5-2;1-2/h3H2,1-2H3,(H,5,6);1-2H/i/hD. The van der Waals surface area contributed by atoms with E-state index in [1.807, 2.05) is 0 Å². The SMILES string of the molecule is CCOC(=O)NC.[2H]N=P. The molecule has 1 amide bonds. The number of alkyl carbamates (subject to hydrolysis) is 1. The van der Waals surface area contributed by atoms with Crippen LogP contribution >= 0.6 is 9.03 Å². The van der Waals surface area contributed by atoms with Gasteiger partial charge in [-0.05, 0) is 16.0 Å². The molecule has 0 aromatic carbocycles. The van der Waals surface area contributed by atoms with Gasteiger partial charge >= 0.3 is 6.09 Å². The van der Waals surface area contributed by atoms with Gasteiger partial charge in [0.1, 0.15) is 0 Å². The van der Waals surface area contributed by atoms with Crippen molar-refractivity contribution in [1.29, 1.82) is 5.15 Å². The van der Waals surface area contributed by atoms with Crippen LogP contribution in [-0.2, 0) is 4.74 Å². The molecular weight excluding hydrogens is 139 g/mol. The van der Waals surface area contributed by atoms with Crippen molar-refractivity contribution in [1.82, 2.24) is 5.32 Å². The topological polar surface area (TPSA) is 62.2 Å². The van der Waals surface area contributed by atoms with Gasteiger partial charge in [-0.25, -0.2) is 4.79 Å². The van der Waals surface area contributed by atoms with Gasteiger partial charge in [0.25, 0.3) is 0 Å². The molecule has 0 aliphatic carbocycles. The van der Waals surface area contributed by atoms with Crippen LogP contribution in [0.25, 0.3) is 0 Å². The molecule has 54 valence electrons. The van der Waals surface area contributed by atoms with Gasteiger partial charge in [-0.3, -0.25) is 5.15 Å². The molecule has 0 saturated heterocycles. The molecule has 2 N–H and O–H groups in total. The lowest BCUT2D eigenvalue weighted by Crippen LogP contribution is -2.18. The van der Waals surface area contributed by atoms with Crippen molar-refractivity contribution in [3.8, 4) is 0 Å². The smallest absolute Gasteiger partial charge is 0.406 e. The van der Waals surface area contributed by atoms with Crippen LogP contribution in [0.15, 0.2) is 0 Å². The Labute approximate surface area is 58.2 Å². The molecule has 0 heterocycles. The molecule has 0 aromatic rings. The van der Waals surface area contributed by atoms with Crippen LogP contribution < -0.4 is 5.32 Å². The summed E-state index contributed by atoms with van der Waals surface area (Å²) in [4.78, 5) is 10.1. The van der Waals surface area contributed by atoms with E-state index < -0.39 is 0 Å². The molecule has 0 bridgehead atoms. The normalized spacial score (nSPS) is 7.56. The summed E-state index contributed by atoms with van der Waals surface area (Å²) < 4.78 is 10.2. The zero-order chi connectivity index (χ0) is 8.41. The molecule has 0 spiro atoms. The van der Waals surface area contributed by atoms with Crippen LogP contribution in [0.1, 0.15) is 6.92 Å². The summed E-state index contributed by atoms with van der Waals surface area (Å²) >= 11 is 0. The predicted octanol–water partition coefficient (Wildman–Crippen LogP) is 1.25. The van der Waals surface area contributed by atoms with Crippen molar-refractivity contribution in [2.75, 3.05) is 13.7 Å². The van der Waals surface area contributed by atoms with E-state index >= 15 is 0 Å². The summed E-state index contributed by atoms with van der Waals surface area (Å²) in [7, 11) is 4.00. The molecule has 0 unspecified atom stereocenters. The van der Waals surface area contributed by atoms with Gasteiger partial charge in [-0.15, -0.1) is 0 Å². The fraction of sp³-hybridized carbons (Fsp3) is 0.750. The van der Waals surface area contributed by atoms with E-state index in [0.717, 1.165) is 0 Å². The minimum absolute atomic E-state index is 0.373. The average Bonchev–Trinajstić information content (AvgIpc) is 1.90. The van der Waals surface area contributed by atoms with Gasteiger partial charge in [0, 0.05) is 7.05 Å². The van der Waals surface area contributed by atoms with Gasteiger partial charge in [0.15, 0.2) is 1.41 Å². The average molecular weight is 151 g/mol. The highest BCUT2D eigenvalue weighted by atomic mass is 31.0. The number of ether oxygens (including phenoxy) is 1. The van der Waals surface area contributed by atoms with Crippen molar-refractivity contribution in [2.45, 2.75) is 6.92 Å². The molecule has 9 heavy (non-hydrogen) atoms. The fourth-order valence-corrected chi connectivity index (χ4v) is 0.203. The highest BCUT2D eigenvalue weighted by molar-refractivity contribution is 7.02. The van der Waals surface area contributed by atoms with Crippen molar-refractivity contribution >= 4 is 15.1 Å². The lowest BCUT2D eigenvalue weighted by molar-refractivity contribution is 0.154. The lowest BCUT2D eigenvalue weighted by Gasteiger charge is -1.95. The van der Waals surface area contributed by atoms with E-state index in [2.05, 4.69) is 24.2 Å². The quantitative estimate of drug-likeness (QED) is 0.554. The Bertz CT molecular complexity index is 101. The summed E-state index contributed by atoms with van der Waals surface area (Å²) in [6, 6.07) is 0. The van der Waals surface area contributed by atoms with E-state index in [-0.39, 0.29) is 6.09 Å². The largest absolute Gasteiger partial charge is 0.450 e. The van der Waals surface area contributed by atoms with E-state index in [0.29, 0.717) is 6.61 Å². The number of carbonyl (C=O) groups excluding carboxylic acids is 1. The molecule has 0 aromatic heterocycles. The molecule has 4 nitrogen and oxygen atoms in total. The first-order chi connectivity index (χ1) is 4.72. The zero-order valence-corrected chi connectivity index (χ0v) is 6.47. The number of rotatable bonds is 1. The number of amides is 1. The van der Waals surface area contributed by atoms with Gasteiger partial charge in [-0.2, -0.15) is 0 Å². The van der Waals surface area contributed by atoms with E-state index in [1.165, 1.54) is 7.05 Å². The number of carbonyl (C=O) groups is 1. The zero-order valence-electron chi connectivity index (χ0n) is 6.47. The molecule has 0 fully saturated rings. The Morgan fingerprint density at radius 3 is 2.67 bits per heavy atom. The summed E-state index contributed by atoms with van der Waals surface area (Å²) in [5.41, 5.74) is 0. The first-order valence-corrected chi connectivity index (χ1v) is 2.82. The highest BCUT2D eigenvalue weighted by Gasteiger charge is 1.89. The molecule has 5 heteroatoms. The Morgan fingerprint density at radius 2 is 2.56 bits per heavy atom. The second-order valence-corrected chi connectivity index (χ2v) is 0.970. The second kappa shape index (κ2) is 10.4. The van der Waals surface area contributed by atoms with Crippen molar-refractivity contribution in [3.63, 3.8) is 0 Å². The third-order valence-electron chi connectivity index (χ3n) is 0.480. The molecular formula is C4H11N2O2P. The molecule has 0 rings (SSSR count). The fourth-order valence-electron chi connectivity index (χ4n) is 0.203. The summed E-state index contributed by atoms with van der Waals surface area (Å²) in [5, 5.41) is 4.86. The van der Waals surface area contributed by atoms with Crippen molar-refractivity contribution in [2.24, 2.45) is 0 Å². The summed E-state index contributed by atoms with van der Waals surface area (Å²) in [6.45, 7) is 2.19. The van der Waals surface area contributed by atoms with E-state index in [1.54, 1.807) is 6.92 Å². The van der Waals surface area contributed by atoms with E-state index in [9.17, 15) is 4.79 Å². The Kier molecular flexibility index (Phi) is 9.64. The van der Waals surface area contributed by atoms with Crippen LogP contribution in [0.4, 0.5) is 4.79 Å². The van der Waals surface area contributed by atoms with Crippen LogP contribution in [0, 0.1) is 5.15 Å². The first-order valence-electron chi connectivity index (χ1n) is 2.82. The van der Waals surface area contributed by atoms with Gasteiger partial charge < -0.3 is 10.1 Å². The Balaban J connectivity index is 0. The Hall–Kier alpha value is -0.630. The predicted molar refractivity (Wildman–Crippen MR) is 37.1 cm³/mol. The summed E-state index contributed by atoms with van der Waals surface area (Å²) in [5.74, 6) is 0. The number of nitrogens with one attached hydrogen (secondary N) is 2. The molecule has 0 aliphatic heterocycles. The highest BCUT2D eigenvalue weighted by Crippen LogP contribution is 1.70. The monoisotopic (exact) mass is 151 g/mol. The molecule has 0 radical (unpaired) electrons. The Morgan fingerprint density at radius 1 is 2.11 bits per heavy atom. The third kappa shape index (κ3) is 11.1. The maximum absolute atomic E-state index is 10.1. The number of hydrogen-bond acceptors (Lipinski definition) is 3. The van der Waals surface area contributed by atoms with E-state index in [4.69, 9.17) is 1.41 Å². The minimum Gasteiger partial charge on any atom is -0.450 e. The molecule has 0 saturated carbocycles. The van der Waals surface area contributed by atoms with Crippen LogP contribution in [0.2, 0.25) is 1.41 Å². The lowest BCUT2D eigenvalue weighted by atomic mass is 10.9. The maximum atomic E-state index is 10.1. The van der Waals surface area contributed by atoms with Crippen LogP contribution in [0.3, 0.4) is 0 Å². The van der Waals surface area contributed by atoms with Crippen LogP contribution in [0.5, 0.6) is 0 Å². The van der Waals surface area contributed by atoms with Crippen molar-refractivity contribution < 1.29 is 10.9 Å². The van der Waals surface area contributed by atoms with Gasteiger partial charge in [0.05, 0.1) is 6.61 Å². The maximum Gasteiger partial charge on any atom is 0.406 e. The van der Waals surface area contributed by atoms with Crippen LogP contribution in [-0.4, -0.2) is 19.7 Å². The first kappa shape index (κ1) is 8.37. The third-order valence-corrected chi connectivity index (χ3v) is 0.480.